The highest BCUT2D eigenvalue weighted by Crippen LogP contribution is 2.22. The van der Waals surface area contributed by atoms with Gasteiger partial charge in [0.05, 0.1) is 21.7 Å². The van der Waals surface area contributed by atoms with Crippen molar-refractivity contribution in [2.45, 2.75) is 76.0 Å². The van der Waals surface area contributed by atoms with Crippen molar-refractivity contribution in [2.75, 3.05) is 9.44 Å². The zero-order valence-electron chi connectivity index (χ0n) is 54.5. The van der Waals surface area contributed by atoms with Crippen LogP contribution in [0.1, 0.15) is 81.8 Å². The molecular formula is C76H76N4O16S2. The topological polar surface area (TPSA) is 336 Å². The first-order valence-electron chi connectivity index (χ1n) is 29.5. The molecule has 98 heavy (non-hydrogen) atoms. The van der Waals surface area contributed by atoms with E-state index < -0.39 is 32.0 Å². The Balaban J connectivity index is 0.000000312. The van der Waals surface area contributed by atoms with Crippen molar-refractivity contribution in [3.8, 4) is 11.5 Å². The van der Waals surface area contributed by atoms with Crippen LogP contribution in [0.25, 0.3) is 0 Å². The number of hydrogen-bond acceptors (Lipinski definition) is 16. The van der Waals surface area contributed by atoms with Crippen LogP contribution in [0.15, 0.2) is 278 Å². The fourth-order valence-electron chi connectivity index (χ4n) is 7.65. The number of carboxylic acids is 2. The van der Waals surface area contributed by atoms with E-state index in [2.05, 4.69) is 58.9 Å². The summed E-state index contributed by atoms with van der Waals surface area (Å²) in [6, 6.07) is 48.0. The molecule has 0 aliphatic heterocycles. The van der Waals surface area contributed by atoms with Crippen LogP contribution in [0.5, 0.6) is 11.5 Å². The third-order valence-electron chi connectivity index (χ3n) is 13.1. The summed E-state index contributed by atoms with van der Waals surface area (Å²) in [5.41, 5.74) is 6.56. The van der Waals surface area contributed by atoms with E-state index in [0.717, 1.165) is 22.3 Å². The molecule has 0 aliphatic rings. The first-order chi connectivity index (χ1) is 46.2. The Bertz CT molecular complexity index is 4120. The molecular weight excluding hydrogens is 1290 g/mol. The second-order valence-corrected chi connectivity index (χ2v) is 24.8. The van der Waals surface area contributed by atoms with Crippen molar-refractivity contribution < 1.29 is 75.6 Å². The van der Waals surface area contributed by atoms with E-state index in [1.165, 1.54) is 85.2 Å². The highest BCUT2D eigenvalue weighted by Gasteiger charge is 2.18. The number of carbonyl (C=O) groups excluding carboxylic acids is 6. The van der Waals surface area contributed by atoms with Gasteiger partial charge in [0.1, 0.15) is 28.4 Å². The average Bonchev–Trinajstić information content (AvgIpc) is 0.841. The standard InChI is InChI=1S/2C16H16N2O3S.2C12H12O4.2C10H10O/c1-12(2)16(19)10-13-5-7-15(8-6-13)22(20,21)18-14-4-3-9-17-11-14;1-12(2)15(19)11-13-6-8-14(9-7-13)22(20,21)18-16-5-3-4-10-17-16;2*1-7(2)10(13)5-8-3-4-9(12(15)16)11(14)6-8;2*1-2-10(11)8-9-6-4-3-5-7-9/h3-9,11,18H,1,10H2,2H3;3-10H,1,11H2,2H3,(H,17,18);2*3-4,6,14H,1,5H2,2H3,(H,15,16);2*2-7H,1,8H2. The SMILES string of the molecule is C=C(C)C(=O)Cc1ccc(C(=O)O)c(O)c1.C=C(C)C(=O)Cc1ccc(C(=O)O)c(O)c1.C=C(C)C(=O)Cc1ccc(S(=O)(=O)Nc2ccccn2)cc1.C=C(C)C(=O)Cc1ccc(S(=O)(=O)Nc2cccnc2)cc1.C=CC(=O)Cc1ccccc1.C=CC(=O)Cc1ccccc1. The van der Waals surface area contributed by atoms with E-state index in [-0.39, 0.29) is 98.6 Å². The highest BCUT2D eigenvalue weighted by molar-refractivity contribution is 7.93. The number of carbonyl (C=O) groups is 8. The monoisotopic (exact) mass is 1360 g/mol. The molecule has 0 spiro atoms. The summed E-state index contributed by atoms with van der Waals surface area (Å²) in [5.74, 6) is -3.09. The maximum Gasteiger partial charge on any atom is 0.339 e. The van der Waals surface area contributed by atoms with Crippen molar-refractivity contribution in [3.63, 3.8) is 0 Å². The lowest BCUT2D eigenvalue weighted by Gasteiger charge is -2.08. The van der Waals surface area contributed by atoms with E-state index in [1.807, 2.05) is 60.7 Å². The summed E-state index contributed by atoms with van der Waals surface area (Å²) in [7, 11) is -7.36. The van der Waals surface area contributed by atoms with Gasteiger partial charge in [-0.2, -0.15) is 0 Å². The van der Waals surface area contributed by atoms with Gasteiger partial charge in [0.25, 0.3) is 20.0 Å². The van der Waals surface area contributed by atoms with Crippen LogP contribution in [0.3, 0.4) is 0 Å². The van der Waals surface area contributed by atoms with Crippen LogP contribution < -0.4 is 9.44 Å². The number of phenols is 2. The first-order valence-corrected chi connectivity index (χ1v) is 32.5. The molecule has 2 heterocycles. The highest BCUT2D eigenvalue weighted by atomic mass is 32.2. The molecule has 0 unspecified atom stereocenters. The lowest BCUT2D eigenvalue weighted by Crippen LogP contribution is -2.14. The minimum Gasteiger partial charge on any atom is -0.507 e. The number of sulfonamides is 2. The Hall–Kier alpha value is -11.9. The predicted molar refractivity (Wildman–Crippen MR) is 378 cm³/mol. The zero-order chi connectivity index (χ0) is 73.1. The molecule has 6 aromatic carbocycles. The number of pyridine rings is 2. The van der Waals surface area contributed by atoms with Gasteiger partial charge >= 0.3 is 11.9 Å². The van der Waals surface area contributed by atoms with Crippen molar-refractivity contribution in [2.24, 2.45) is 0 Å². The summed E-state index contributed by atoms with van der Waals surface area (Å²) in [6.45, 7) is 27.5. The van der Waals surface area contributed by atoms with Crippen molar-refractivity contribution >= 4 is 78.2 Å². The summed E-state index contributed by atoms with van der Waals surface area (Å²) in [5, 5.41) is 36.2. The number of carboxylic acid groups (broad SMARTS) is 2. The number of aromatic carboxylic acids is 2. The Morgan fingerprint density at radius 1 is 0.408 bits per heavy atom. The second-order valence-electron chi connectivity index (χ2n) is 21.5. The number of ketones is 6. The van der Waals surface area contributed by atoms with Gasteiger partial charge in [0.2, 0.25) is 0 Å². The van der Waals surface area contributed by atoms with Gasteiger partial charge in [0, 0.05) is 50.9 Å². The fourth-order valence-corrected chi connectivity index (χ4v) is 9.70. The van der Waals surface area contributed by atoms with Crippen molar-refractivity contribution in [3.05, 3.63) is 313 Å². The van der Waals surface area contributed by atoms with Crippen molar-refractivity contribution in [1.29, 1.82) is 0 Å². The van der Waals surface area contributed by atoms with E-state index >= 15 is 0 Å². The molecule has 8 rings (SSSR count). The molecule has 0 bridgehead atoms. The van der Waals surface area contributed by atoms with Crippen LogP contribution in [0, 0.1) is 0 Å². The van der Waals surface area contributed by atoms with Gasteiger partial charge in [-0.25, -0.2) is 31.4 Å². The normalized spacial score (nSPS) is 10.2. The average molecular weight is 1370 g/mol. The molecule has 0 amide bonds. The van der Waals surface area contributed by atoms with Gasteiger partial charge < -0.3 is 20.4 Å². The van der Waals surface area contributed by atoms with Crippen LogP contribution in [-0.2, 0) is 87.3 Å². The number of aromatic nitrogens is 2. The molecule has 0 fully saturated rings. The van der Waals surface area contributed by atoms with Crippen molar-refractivity contribution in [1.82, 2.24) is 9.97 Å². The Kier molecular flexibility index (Phi) is 33.1. The summed E-state index contributed by atoms with van der Waals surface area (Å²) < 4.78 is 53.7. The largest absolute Gasteiger partial charge is 0.507 e. The lowest BCUT2D eigenvalue weighted by molar-refractivity contribution is -0.115. The smallest absolute Gasteiger partial charge is 0.339 e. The molecule has 6 N–H and O–H groups in total. The lowest BCUT2D eigenvalue weighted by atomic mass is 10.0. The maximum atomic E-state index is 12.2. The molecule has 0 radical (unpaired) electrons. The first kappa shape index (κ1) is 80.4. The van der Waals surface area contributed by atoms with E-state index in [1.54, 1.807) is 88.5 Å². The fraction of sp³-hybridized carbons (Fsp3) is 0.132. The molecule has 0 atom stereocenters. The van der Waals surface area contributed by atoms with Gasteiger partial charge in [-0.3, -0.25) is 43.2 Å². The summed E-state index contributed by atoms with van der Waals surface area (Å²) >= 11 is 0. The number of rotatable bonds is 26. The number of aromatic hydroxyl groups is 2. The maximum absolute atomic E-state index is 12.2. The van der Waals surface area contributed by atoms with E-state index in [4.69, 9.17) is 10.2 Å². The quantitative estimate of drug-likeness (QED) is 0.0274. The van der Waals surface area contributed by atoms with Crippen LogP contribution in [0.4, 0.5) is 11.5 Å². The number of Topliss-reactive ketones (excluding diaryl/α,β-unsaturated/α-hetero) is 4. The summed E-state index contributed by atoms with van der Waals surface area (Å²) in [6.07, 6.45) is 8.78. The van der Waals surface area contributed by atoms with Crippen LogP contribution in [0.2, 0.25) is 0 Å². The predicted octanol–water partition coefficient (Wildman–Crippen LogP) is 12.7. The third kappa shape index (κ3) is 29.6. The Morgan fingerprint density at radius 2 is 0.745 bits per heavy atom. The molecule has 0 saturated heterocycles. The second kappa shape index (κ2) is 40.4. The molecule has 2 aromatic heterocycles. The summed E-state index contributed by atoms with van der Waals surface area (Å²) in [4.78, 5) is 96.9. The van der Waals surface area contributed by atoms with Crippen LogP contribution in [-0.4, -0.2) is 93.9 Å². The van der Waals surface area contributed by atoms with Gasteiger partial charge in [-0.05, 0) is 168 Å². The molecule has 8 aromatic rings. The minimum absolute atomic E-state index is 0.0657. The number of nitrogens with zero attached hydrogens (tertiary/aromatic N) is 2. The Morgan fingerprint density at radius 3 is 1.05 bits per heavy atom. The number of benzene rings is 6. The van der Waals surface area contributed by atoms with Gasteiger partial charge in [-0.15, -0.1) is 0 Å². The molecule has 22 heteroatoms. The molecule has 0 aliphatic carbocycles. The van der Waals surface area contributed by atoms with Gasteiger partial charge in [0.15, 0.2) is 34.7 Å². The number of anilines is 2. The van der Waals surface area contributed by atoms with E-state index in [0.29, 0.717) is 51.9 Å². The van der Waals surface area contributed by atoms with E-state index in [9.17, 15) is 65.4 Å². The number of nitrogens with one attached hydrogen (secondary N) is 2. The van der Waals surface area contributed by atoms with Crippen LogP contribution >= 0.6 is 0 Å². The number of hydrogen-bond donors (Lipinski definition) is 6. The number of allylic oxidation sites excluding steroid dienone is 6. The molecule has 0 saturated carbocycles. The van der Waals surface area contributed by atoms with Gasteiger partial charge in [-0.1, -0.05) is 143 Å². The molecule has 20 nitrogen and oxygen atoms in total. The minimum atomic E-state index is -3.69. The third-order valence-corrected chi connectivity index (χ3v) is 15.9. The molecule has 508 valence electrons. The zero-order valence-corrected chi connectivity index (χ0v) is 56.1. The Labute approximate surface area is 570 Å².